The van der Waals surface area contributed by atoms with Gasteiger partial charge in [-0.15, -0.1) is 0 Å². The fraction of sp³-hybridized carbons (Fsp3) is 0.300. The molecule has 1 aromatic heterocycles. The number of aromatic nitrogens is 2. The van der Waals surface area contributed by atoms with Gasteiger partial charge in [-0.3, -0.25) is 14.2 Å². The van der Waals surface area contributed by atoms with Crippen molar-refractivity contribution >= 4 is 16.8 Å². The maximum absolute atomic E-state index is 13.8. The highest BCUT2D eigenvalue weighted by Crippen LogP contribution is 2.32. The molecule has 178 valence electrons. The second-order valence-corrected chi connectivity index (χ2v) is 9.58. The molecule has 5 nitrogen and oxygen atoms in total. The molecule has 1 heterocycles. The number of amides is 1. The Balaban J connectivity index is 1.67. The molecule has 1 unspecified atom stereocenters. The summed E-state index contributed by atoms with van der Waals surface area (Å²) in [7, 11) is 0. The Morgan fingerprint density at radius 3 is 2.46 bits per heavy atom. The van der Waals surface area contributed by atoms with E-state index >= 15 is 0 Å². The molecule has 0 bridgehead atoms. The zero-order valence-corrected chi connectivity index (χ0v) is 20.4. The normalized spacial score (nSPS) is 14.8. The van der Waals surface area contributed by atoms with Gasteiger partial charge in [0, 0.05) is 12.5 Å². The molecule has 35 heavy (non-hydrogen) atoms. The molecule has 5 rings (SSSR count). The highest BCUT2D eigenvalue weighted by Gasteiger charge is 2.32. The van der Waals surface area contributed by atoms with E-state index in [2.05, 4.69) is 0 Å². The minimum Gasteiger partial charge on any atom is -0.328 e. The molecule has 1 atom stereocenters. The minimum absolute atomic E-state index is 0.0285. The van der Waals surface area contributed by atoms with Crippen molar-refractivity contribution in [2.75, 3.05) is 0 Å². The molecule has 1 saturated carbocycles. The third kappa shape index (κ3) is 4.63. The van der Waals surface area contributed by atoms with Crippen LogP contribution in [0.15, 0.2) is 83.7 Å². The van der Waals surface area contributed by atoms with Crippen LogP contribution in [0.5, 0.6) is 0 Å². The van der Waals surface area contributed by atoms with Crippen LogP contribution in [-0.4, -0.2) is 20.4 Å². The number of carbonyl (C=O) groups is 1. The van der Waals surface area contributed by atoms with Gasteiger partial charge in [0.05, 0.1) is 22.6 Å². The van der Waals surface area contributed by atoms with Crippen LogP contribution in [0, 0.1) is 12.8 Å². The maximum Gasteiger partial charge on any atom is 0.266 e. The van der Waals surface area contributed by atoms with Crippen LogP contribution in [0.2, 0.25) is 0 Å². The average Bonchev–Trinajstić information content (AvgIpc) is 3.42. The van der Waals surface area contributed by atoms with Crippen molar-refractivity contribution in [3.05, 3.63) is 106 Å². The van der Waals surface area contributed by atoms with Gasteiger partial charge < -0.3 is 4.90 Å². The monoisotopic (exact) mass is 465 g/mol. The Morgan fingerprint density at radius 1 is 1.00 bits per heavy atom. The Labute approximate surface area is 206 Å². The van der Waals surface area contributed by atoms with Gasteiger partial charge in [-0.2, -0.15) is 0 Å². The van der Waals surface area contributed by atoms with Crippen LogP contribution < -0.4 is 5.56 Å². The Bertz CT molecular complexity index is 1400. The number of para-hydroxylation sites is 1. The number of rotatable bonds is 6. The van der Waals surface area contributed by atoms with Crippen molar-refractivity contribution < 1.29 is 4.79 Å². The molecule has 0 radical (unpaired) electrons. The molecule has 0 N–H and O–H groups in total. The number of benzene rings is 3. The first-order valence-corrected chi connectivity index (χ1v) is 12.5. The number of aryl methyl sites for hydroxylation is 1. The summed E-state index contributed by atoms with van der Waals surface area (Å²) in [4.78, 5) is 34.5. The quantitative estimate of drug-likeness (QED) is 0.352. The van der Waals surface area contributed by atoms with Crippen LogP contribution in [0.25, 0.3) is 16.6 Å². The summed E-state index contributed by atoms with van der Waals surface area (Å²) in [5, 5.41) is 0.571. The van der Waals surface area contributed by atoms with Crippen molar-refractivity contribution in [1.29, 1.82) is 0 Å². The van der Waals surface area contributed by atoms with Gasteiger partial charge in [-0.1, -0.05) is 67.4 Å². The van der Waals surface area contributed by atoms with Crippen LogP contribution >= 0.6 is 0 Å². The van der Waals surface area contributed by atoms with Gasteiger partial charge in [0.2, 0.25) is 5.91 Å². The van der Waals surface area contributed by atoms with E-state index in [1.54, 1.807) is 4.57 Å². The van der Waals surface area contributed by atoms with E-state index in [0.717, 1.165) is 42.5 Å². The molecular weight excluding hydrogens is 434 g/mol. The first kappa shape index (κ1) is 23.0. The van der Waals surface area contributed by atoms with E-state index < -0.39 is 0 Å². The lowest BCUT2D eigenvalue weighted by Crippen LogP contribution is -2.39. The fourth-order valence-corrected chi connectivity index (χ4v) is 5.18. The molecule has 1 aliphatic rings. The first-order chi connectivity index (χ1) is 17.0. The van der Waals surface area contributed by atoms with Gasteiger partial charge in [0.1, 0.15) is 5.82 Å². The molecular formula is C30H31N3O2. The summed E-state index contributed by atoms with van der Waals surface area (Å²) < 4.78 is 1.69. The molecule has 0 spiro atoms. The van der Waals surface area contributed by atoms with Crippen molar-refractivity contribution in [2.45, 2.75) is 52.1 Å². The second kappa shape index (κ2) is 9.87. The molecule has 5 heteroatoms. The van der Waals surface area contributed by atoms with Gasteiger partial charge >= 0.3 is 0 Å². The lowest BCUT2D eigenvalue weighted by Gasteiger charge is -2.32. The molecule has 0 aliphatic heterocycles. The standard InChI is InChI=1S/C30H31N3O2/c1-21-11-10-16-25(19-21)33-28(31-27-18-9-8-17-26(27)30(33)35)22(2)32(20-23-12-4-3-5-13-23)29(34)24-14-6-7-15-24/h3-5,8-13,16-19,22,24H,6-7,14-15,20H2,1-2H3. The Hall–Kier alpha value is -3.73. The summed E-state index contributed by atoms with van der Waals surface area (Å²) >= 11 is 0. The van der Waals surface area contributed by atoms with Crippen molar-refractivity contribution in [3.8, 4) is 5.69 Å². The summed E-state index contributed by atoms with van der Waals surface area (Å²) in [6.45, 7) is 4.49. The van der Waals surface area contributed by atoms with E-state index in [1.807, 2.05) is 97.6 Å². The molecule has 4 aromatic rings. The average molecular weight is 466 g/mol. The third-order valence-electron chi connectivity index (χ3n) is 7.09. The van der Waals surface area contributed by atoms with Gasteiger partial charge in [-0.05, 0) is 62.1 Å². The maximum atomic E-state index is 13.8. The molecule has 1 aliphatic carbocycles. The van der Waals surface area contributed by atoms with Crippen LogP contribution in [-0.2, 0) is 11.3 Å². The van der Waals surface area contributed by atoms with E-state index in [-0.39, 0.29) is 23.4 Å². The molecule has 0 saturated heterocycles. The fourth-order valence-electron chi connectivity index (χ4n) is 5.18. The van der Waals surface area contributed by atoms with Crippen molar-refractivity contribution in [3.63, 3.8) is 0 Å². The van der Waals surface area contributed by atoms with E-state index in [9.17, 15) is 9.59 Å². The minimum atomic E-state index is -0.388. The van der Waals surface area contributed by atoms with Gasteiger partial charge in [-0.25, -0.2) is 4.98 Å². The summed E-state index contributed by atoms with van der Waals surface area (Å²) in [5.41, 5.74) is 3.43. The predicted octanol–water partition coefficient (Wildman–Crippen LogP) is 5.97. The second-order valence-electron chi connectivity index (χ2n) is 9.58. The summed E-state index contributed by atoms with van der Waals surface area (Å²) in [6, 6.07) is 25.0. The highest BCUT2D eigenvalue weighted by molar-refractivity contribution is 5.80. The van der Waals surface area contributed by atoms with Crippen molar-refractivity contribution in [1.82, 2.24) is 14.5 Å². The number of nitrogens with zero attached hydrogens (tertiary/aromatic N) is 3. The zero-order chi connectivity index (χ0) is 24.4. The topological polar surface area (TPSA) is 55.2 Å². The predicted molar refractivity (Wildman–Crippen MR) is 139 cm³/mol. The number of carbonyl (C=O) groups excluding carboxylic acids is 1. The van der Waals surface area contributed by atoms with Gasteiger partial charge in [0.15, 0.2) is 0 Å². The van der Waals surface area contributed by atoms with E-state index in [1.165, 1.54) is 0 Å². The zero-order valence-electron chi connectivity index (χ0n) is 20.4. The number of hydrogen-bond donors (Lipinski definition) is 0. The van der Waals surface area contributed by atoms with Crippen molar-refractivity contribution in [2.24, 2.45) is 5.92 Å². The molecule has 3 aromatic carbocycles. The third-order valence-corrected chi connectivity index (χ3v) is 7.09. The highest BCUT2D eigenvalue weighted by atomic mass is 16.2. The number of hydrogen-bond acceptors (Lipinski definition) is 3. The smallest absolute Gasteiger partial charge is 0.266 e. The lowest BCUT2D eigenvalue weighted by molar-refractivity contribution is -0.138. The SMILES string of the molecule is Cc1cccc(-n2c(C(C)N(Cc3ccccc3)C(=O)C3CCCC3)nc3ccccc3c2=O)c1. The Morgan fingerprint density at radius 2 is 1.71 bits per heavy atom. The largest absolute Gasteiger partial charge is 0.328 e. The molecule has 1 fully saturated rings. The van der Waals surface area contributed by atoms with E-state index in [0.29, 0.717) is 23.3 Å². The van der Waals surface area contributed by atoms with E-state index in [4.69, 9.17) is 4.98 Å². The lowest BCUT2D eigenvalue weighted by atomic mass is 10.0. The van der Waals surface area contributed by atoms with Crippen LogP contribution in [0.3, 0.4) is 0 Å². The summed E-state index contributed by atoms with van der Waals surface area (Å²) in [5.74, 6) is 0.763. The Kier molecular flexibility index (Phi) is 6.49. The number of fused-ring (bicyclic) bond motifs is 1. The first-order valence-electron chi connectivity index (χ1n) is 12.5. The summed E-state index contributed by atoms with van der Waals surface area (Å²) in [6.07, 6.45) is 4.03. The van der Waals surface area contributed by atoms with Crippen LogP contribution in [0.4, 0.5) is 0 Å². The van der Waals surface area contributed by atoms with Gasteiger partial charge in [0.25, 0.3) is 5.56 Å². The van der Waals surface area contributed by atoms with Crippen LogP contribution in [0.1, 0.15) is 55.6 Å². The molecule has 1 amide bonds.